The van der Waals surface area contributed by atoms with E-state index in [1.165, 1.54) is 11.8 Å². The number of rotatable bonds is 3. The van der Waals surface area contributed by atoms with Gasteiger partial charge in [0.2, 0.25) is 5.91 Å². The van der Waals surface area contributed by atoms with Gasteiger partial charge in [0.05, 0.1) is 0 Å². The lowest BCUT2D eigenvalue weighted by Gasteiger charge is -2.09. The van der Waals surface area contributed by atoms with E-state index in [1.807, 2.05) is 19.4 Å². The molecule has 0 bridgehead atoms. The smallest absolute Gasteiger partial charge is 0.252 e. The first-order valence-electron chi connectivity index (χ1n) is 5.03. The molecule has 1 amide bonds. The van der Waals surface area contributed by atoms with E-state index in [9.17, 15) is 4.79 Å². The van der Waals surface area contributed by atoms with Crippen LogP contribution in [0.25, 0.3) is 0 Å². The van der Waals surface area contributed by atoms with Crippen molar-refractivity contribution < 1.29 is 4.79 Å². The fourth-order valence-electron chi connectivity index (χ4n) is 1.74. The molecular weight excluding hydrogens is 224 g/mol. The van der Waals surface area contributed by atoms with Gasteiger partial charge in [0.15, 0.2) is 5.16 Å². The Morgan fingerprint density at radius 2 is 2.38 bits per heavy atom. The van der Waals surface area contributed by atoms with Gasteiger partial charge in [0, 0.05) is 25.9 Å². The van der Waals surface area contributed by atoms with Crippen molar-refractivity contribution >= 4 is 23.6 Å². The van der Waals surface area contributed by atoms with Crippen LogP contribution in [0.4, 0.5) is 5.95 Å². The van der Waals surface area contributed by atoms with Gasteiger partial charge in [-0.05, 0) is 6.26 Å². The monoisotopic (exact) mass is 238 g/mol. The third kappa shape index (κ3) is 1.84. The van der Waals surface area contributed by atoms with Crippen molar-refractivity contribution in [3.8, 4) is 0 Å². The van der Waals surface area contributed by atoms with Crippen LogP contribution >= 0.6 is 11.8 Å². The van der Waals surface area contributed by atoms with Crippen LogP contribution in [-0.2, 0) is 11.8 Å². The topological polar surface area (TPSA) is 51.0 Å². The zero-order valence-corrected chi connectivity index (χ0v) is 10.2. The number of nitrogens with zero attached hydrogens (tertiary/aromatic N) is 4. The van der Waals surface area contributed by atoms with Crippen LogP contribution in [0.2, 0.25) is 0 Å². The Bertz CT molecular complexity index is 428. The highest BCUT2D eigenvalue weighted by molar-refractivity contribution is 7.98. The molecule has 0 N–H and O–H groups in total. The summed E-state index contributed by atoms with van der Waals surface area (Å²) in [5, 5.41) is 5.05. The van der Waals surface area contributed by atoms with E-state index in [0.29, 0.717) is 18.9 Å². The summed E-state index contributed by atoms with van der Waals surface area (Å²) in [6, 6.07) is 0. The predicted molar refractivity (Wildman–Crippen MR) is 63.4 cm³/mol. The summed E-state index contributed by atoms with van der Waals surface area (Å²) >= 11 is 1.51. The summed E-state index contributed by atoms with van der Waals surface area (Å²) in [6.45, 7) is 4.35. The molecule has 1 aromatic rings. The molecule has 1 fully saturated rings. The molecule has 0 aromatic carbocycles. The molecule has 5 nitrogen and oxygen atoms in total. The number of aromatic nitrogens is 3. The van der Waals surface area contributed by atoms with E-state index in [0.717, 1.165) is 5.16 Å². The Labute approximate surface area is 98.5 Å². The highest BCUT2D eigenvalue weighted by atomic mass is 32.2. The number of carbonyl (C=O) groups is 1. The van der Waals surface area contributed by atoms with Crippen molar-refractivity contribution in [2.24, 2.45) is 13.0 Å². The number of anilines is 1. The van der Waals surface area contributed by atoms with Gasteiger partial charge in [0.25, 0.3) is 5.95 Å². The van der Waals surface area contributed by atoms with Crippen molar-refractivity contribution in [3.05, 3.63) is 12.7 Å². The molecule has 2 heterocycles. The first-order chi connectivity index (χ1) is 7.65. The second-order valence-electron chi connectivity index (χ2n) is 3.73. The van der Waals surface area contributed by atoms with Crippen molar-refractivity contribution in [2.45, 2.75) is 11.6 Å². The molecule has 2 rings (SSSR count). The minimum Gasteiger partial charge on any atom is -0.279 e. The Balaban J connectivity index is 2.24. The first kappa shape index (κ1) is 11.2. The zero-order valence-electron chi connectivity index (χ0n) is 9.38. The summed E-state index contributed by atoms with van der Waals surface area (Å²) in [5.74, 6) is 0.790. The van der Waals surface area contributed by atoms with Gasteiger partial charge in [-0.25, -0.2) is 4.68 Å². The number of hydrogen-bond acceptors (Lipinski definition) is 4. The highest BCUT2D eigenvalue weighted by Gasteiger charge is 2.31. The number of hydrogen-bond donors (Lipinski definition) is 0. The lowest BCUT2D eigenvalue weighted by molar-refractivity contribution is -0.117. The second kappa shape index (κ2) is 4.29. The number of aryl methyl sites for hydroxylation is 1. The summed E-state index contributed by atoms with van der Waals surface area (Å²) in [4.78, 5) is 17.7. The van der Waals surface area contributed by atoms with E-state index in [2.05, 4.69) is 16.7 Å². The van der Waals surface area contributed by atoms with Crippen LogP contribution in [-0.4, -0.2) is 33.5 Å². The van der Waals surface area contributed by atoms with Gasteiger partial charge in [-0.15, -0.1) is 11.7 Å². The summed E-state index contributed by atoms with van der Waals surface area (Å²) in [6.07, 6.45) is 4.26. The summed E-state index contributed by atoms with van der Waals surface area (Å²) in [5.41, 5.74) is 0. The van der Waals surface area contributed by atoms with Crippen molar-refractivity contribution in [3.63, 3.8) is 0 Å². The molecule has 0 aliphatic carbocycles. The van der Waals surface area contributed by atoms with Gasteiger partial charge in [0.1, 0.15) is 0 Å². The number of thioether (sulfide) groups is 1. The summed E-state index contributed by atoms with van der Waals surface area (Å²) < 4.78 is 1.69. The van der Waals surface area contributed by atoms with E-state index >= 15 is 0 Å². The van der Waals surface area contributed by atoms with Gasteiger partial charge < -0.3 is 0 Å². The van der Waals surface area contributed by atoms with Gasteiger partial charge in [-0.3, -0.25) is 9.69 Å². The average Bonchev–Trinajstić information content (AvgIpc) is 2.81. The third-order valence-electron chi connectivity index (χ3n) is 2.62. The molecule has 0 spiro atoms. The third-order valence-corrected chi connectivity index (χ3v) is 3.34. The average molecular weight is 238 g/mol. The quantitative estimate of drug-likeness (QED) is 0.584. The Hall–Kier alpha value is -1.30. The lowest BCUT2D eigenvalue weighted by atomic mass is 10.1. The molecular formula is C10H14N4OS. The SMILES string of the molecule is C=CC1CC(=O)N(c2nc(SC)n(C)n2)C1. The molecule has 1 atom stereocenters. The zero-order chi connectivity index (χ0) is 11.7. The highest BCUT2D eigenvalue weighted by Crippen LogP contribution is 2.24. The van der Waals surface area contributed by atoms with Crippen LogP contribution in [0.3, 0.4) is 0 Å². The Morgan fingerprint density at radius 1 is 1.62 bits per heavy atom. The van der Waals surface area contributed by atoms with Crippen LogP contribution in [0.5, 0.6) is 0 Å². The molecule has 1 aliphatic heterocycles. The number of carbonyl (C=O) groups excluding carboxylic acids is 1. The van der Waals surface area contributed by atoms with Gasteiger partial charge in [-0.1, -0.05) is 17.8 Å². The predicted octanol–water partition coefficient (Wildman–Crippen LogP) is 1.08. The van der Waals surface area contributed by atoms with Gasteiger partial charge >= 0.3 is 0 Å². The van der Waals surface area contributed by atoms with E-state index in [1.54, 1.807) is 9.58 Å². The molecule has 0 radical (unpaired) electrons. The van der Waals surface area contributed by atoms with Crippen molar-refractivity contribution in [1.29, 1.82) is 0 Å². The van der Waals surface area contributed by atoms with Crippen LogP contribution in [0.1, 0.15) is 6.42 Å². The fraction of sp³-hybridized carbons (Fsp3) is 0.500. The van der Waals surface area contributed by atoms with Crippen LogP contribution in [0, 0.1) is 5.92 Å². The molecule has 1 saturated heterocycles. The second-order valence-corrected chi connectivity index (χ2v) is 4.50. The Kier molecular flexibility index (Phi) is 3.00. The van der Waals surface area contributed by atoms with Crippen molar-refractivity contribution in [1.82, 2.24) is 14.8 Å². The minimum atomic E-state index is 0.0724. The first-order valence-corrected chi connectivity index (χ1v) is 6.26. The molecule has 1 unspecified atom stereocenters. The molecule has 1 aromatic heterocycles. The molecule has 16 heavy (non-hydrogen) atoms. The van der Waals surface area contributed by atoms with Crippen molar-refractivity contribution in [2.75, 3.05) is 17.7 Å². The largest absolute Gasteiger partial charge is 0.279 e. The molecule has 0 saturated carbocycles. The molecule has 1 aliphatic rings. The normalized spacial score (nSPS) is 20.5. The fourth-order valence-corrected chi connectivity index (χ4v) is 2.21. The van der Waals surface area contributed by atoms with E-state index in [-0.39, 0.29) is 11.8 Å². The molecule has 86 valence electrons. The van der Waals surface area contributed by atoms with Crippen LogP contribution < -0.4 is 4.90 Å². The molecule has 6 heteroatoms. The minimum absolute atomic E-state index is 0.0724. The lowest BCUT2D eigenvalue weighted by Crippen LogP contribution is -2.25. The van der Waals surface area contributed by atoms with Gasteiger partial charge in [-0.2, -0.15) is 4.98 Å². The number of amides is 1. The van der Waals surface area contributed by atoms with E-state index in [4.69, 9.17) is 0 Å². The summed E-state index contributed by atoms with van der Waals surface area (Å²) in [7, 11) is 1.83. The van der Waals surface area contributed by atoms with Crippen LogP contribution in [0.15, 0.2) is 17.8 Å². The maximum absolute atomic E-state index is 11.7. The van der Waals surface area contributed by atoms with E-state index < -0.39 is 0 Å². The maximum atomic E-state index is 11.7. The standard InChI is InChI=1S/C10H14N4OS/c1-4-7-5-8(15)14(6-7)9-11-10(16-3)13(2)12-9/h4,7H,1,5-6H2,2-3H3. The maximum Gasteiger partial charge on any atom is 0.252 e. The Morgan fingerprint density at radius 3 is 2.88 bits per heavy atom.